The second-order valence-corrected chi connectivity index (χ2v) is 5.93. The fraction of sp³-hybridized carbons (Fsp3) is 0.235. The van der Waals surface area contributed by atoms with Crippen LogP contribution in [-0.2, 0) is 6.42 Å². The molecule has 0 N–H and O–H groups in total. The van der Waals surface area contributed by atoms with Crippen molar-refractivity contribution in [3.8, 4) is 6.07 Å². The van der Waals surface area contributed by atoms with E-state index in [1.165, 1.54) is 0 Å². The molecule has 21 heavy (non-hydrogen) atoms. The number of hydrogen-bond acceptors (Lipinski definition) is 2. The van der Waals surface area contributed by atoms with E-state index in [1.807, 2.05) is 55.4 Å². The molecule has 0 spiro atoms. The summed E-state index contributed by atoms with van der Waals surface area (Å²) in [4.78, 5) is 2.03. The molecule has 1 atom stereocenters. The van der Waals surface area contributed by atoms with Gasteiger partial charge < -0.3 is 4.90 Å². The molecule has 0 amide bonds. The number of rotatable bonds is 4. The van der Waals surface area contributed by atoms with Gasteiger partial charge in [0.05, 0.1) is 22.0 Å². The smallest absolute Gasteiger partial charge is 0.0753 e. The second-order valence-electron chi connectivity index (χ2n) is 5.12. The summed E-state index contributed by atoms with van der Waals surface area (Å²) in [6, 6.07) is 15.9. The van der Waals surface area contributed by atoms with Crippen LogP contribution in [0.5, 0.6) is 0 Å². The first-order valence-electron chi connectivity index (χ1n) is 6.62. The monoisotopic (exact) mass is 318 g/mol. The first-order valence-corrected chi connectivity index (χ1v) is 7.37. The van der Waals surface area contributed by atoms with Crippen molar-refractivity contribution >= 4 is 28.9 Å². The molecule has 0 bridgehead atoms. The topological polar surface area (TPSA) is 27.0 Å². The Kier molecular flexibility index (Phi) is 5.12. The largest absolute Gasteiger partial charge is 0.378 e. The molecule has 2 aromatic carbocycles. The Morgan fingerprint density at radius 2 is 1.71 bits per heavy atom. The van der Waals surface area contributed by atoms with Gasteiger partial charge in [0.25, 0.3) is 0 Å². The Morgan fingerprint density at radius 1 is 1.05 bits per heavy atom. The van der Waals surface area contributed by atoms with Crippen molar-refractivity contribution in [2.24, 2.45) is 0 Å². The summed E-state index contributed by atoms with van der Waals surface area (Å²) in [5, 5.41) is 10.5. The predicted molar refractivity (Wildman–Crippen MR) is 89.3 cm³/mol. The van der Waals surface area contributed by atoms with Crippen LogP contribution in [0.15, 0.2) is 42.5 Å². The summed E-state index contributed by atoms with van der Waals surface area (Å²) in [5.41, 5.74) is 3.13. The lowest BCUT2D eigenvalue weighted by Crippen LogP contribution is -2.08. The minimum Gasteiger partial charge on any atom is -0.378 e. The Labute approximate surface area is 135 Å². The molecule has 2 nitrogen and oxygen atoms in total. The van der Waals surface area contributed by atoms with Crippen LogP contribution in [-0.4, -0.2) is 14.1 Å². The maximum Gasteiger partial charge on any atom is 0.0753 e. The molecular formula is C17H16Cl2N2. The number of hydrogen-bond donors (Lipinski definition) is 0. The highest BCUT2D eigenvalue weighted by molar-refractivity contribution is 6.42. The standard InChI is InChI=1S/C17H16Cl2N2/c1-21(2)15-6-4-13(5-7-15)14(11-20)9-12-3-8-16(18)17(19)10-12/h3-8,10,14H,9H2,1-2H3. The van der Waals surface area contributed by atoms with E-state index in [0.29, 0.717) is 16.5 Å². The fourth-order valence-corrected chi connectivity index (χ4v) is 2.47. The third-order valence-corrected chi connectivity index (χ3v) is 4.13. The molecule has 0 aliphatic carbocycles. The Balaban J connectivity index is 2.19. The van der Waals surface area contributed by atoms with E-state index in [9.17, 15) is 5.26 Å². The zero-order valence-corrected chi connectivity index (χ0v) is 13.5. The highest BCUT2D eigenvalue weighted by Gasteiger charge is 2.12. The van der Waals surface area contributed by atoms with Crippen molar-refractivity contribution in [3.63, 3.8) is 0 Å². The average Bonchev–Trinajstić information content (AvgIpc) is 2.48. The average molecular weight is 319 g/mol. The van der Waals surface area contributed by atoms with Gasteiger partial charge in [-0.05, 0) is 41.8 Å². The van der Waals surface area contributed by atoms with Crippen LogP contribution in [0.3, 0.4) is 0 Å². The van der Waals surface area contributed by atoms with Crippen LogP contribution in [0.2, 0.25) is 10.0 Å². The summed E-state index contributed by atoms with van der Waals surface area (Å²) in [6.07, 6.45) is 0.620. The van der Waals surface area contributed by atoms with E-state index in [1.54, 1.807) is 6.07 Å². The van der Waals surface area contributed by atoms with Crippen molar-refractivity contribution in [1.82, 2.24) is 0 Å². The molecule has 108 valence electrons. The van der Waals surface area contributed by atoms with Crippen LogP contribution in [0.4, 0.5) is 5.69 Å². The zero-order chi connectivity index (χ0) is 15.4. The van der Waals surface area contributed by atoms with Crippen molar-refractivity contribution in [1.29, 1.82) is 5.26 Å². The number of anilines is 1. The third kappa shape index (κ3) is 3.91. The molecule has 2 aromatic rings. The SMILES string of the molecule is CN(C)c1ccc(C(C#N)Cc2ccc(Cl)c(Cl)c2)cc1. The molecule has 0 fully saturated rings. The first-order chi connectivity index (χ1) is 10.0. The molecular weight excluding hydrogens is 303 g/mol. The zero-order valence-electron chi connectivity index (χ0n) is 12.0. The van der Waals surface area contributed by atoms with E-state index in [2.05, 4.69) is 6.07 Å². The quantitative estimate of drug-likeness (QED) is 0.800. The van der Waals surface area contributed by atoms with Gasteiger partial charge in [-0.25, -0.2) is 0 Å². The molecule has 0 radical (unpaired) electrons. The fourth-order valence-electron chi connectivity index (χ4n) is 2.15. The van der Waals surface area contributed by atoms with Crippen molar-refractivity contribution in [2.45, 2.75) is 12.3 Å². The summed E-state index contributed by atoms with van der Waals surface area (Å²) in [7, 11) is 3.99. The van der Waals surface area contributed by atoms with Crippen LogP contribution in [0.25, 0.3) is 0 Å². The van der Waals surface area contributed by atoms with E-state index < -0.39 is 0 Å². The first kappa shape index (κ1) is 15.7. The molecule has 0 saturated heterocycles. The molecule has 1 unspecified atom stereocenters. The van der Waals surface area contributed by atoms with Gasteiger partial charge in [0.2, 0.25) is 0 Å². The maximum atomic E-state index is 9.42. The lowest BCUT2D eigenvalue weighted by molar-refractivity contribution is 0.849. The van der Waals surface area contributed by atoms with Gasteiger partial charge in [-0.15, -0.1) is 0 Å². The minimum atomic E-state index is -0.196. The minimum absolute atomic E-state index is 0.196. The van der Waals surface area contributed by atoms with E-state index in [4.69, 9.17) is 23.2 Å². The van der Waals surface area contributed by atoms with Gasteiger partial charge in [0.1, 0.15) is 0 Å². The number of benzene rings is 2. The normalized spacial score (nSPS) is 11.8. The Morgan fingerprint density at radius 3 is 2.24 bits per heavy atom. The summed E-state index contributed by atoms with van der Waals surface area (Å²) in [5.74, 6) is -0.196. The van der Waals surface area contributed by atoms with E-state index in [0.717, 1.165) is 16.8 Å². The Bertz CT molecular complexity index is 657. The molecule has 0 saturated carbocycles. The van der Waals surface area contributed by atoms with Crippen LogP contribution < -0.4 is 4.90 Å². The van der Waals surface area contributed by atoms with Gasteiger partial charge in [-0.2, -0.15) is 5.26 Å². The molecule has 4 heteroatoms. The highest BCUT2D eigenvalue weighted by Crippen LogP contribution is 2.27. The summed E-state index contributed by atoms with van der Waals surface area (Å²) < 4.78 is 0. The molecule has 2 rings (SSSR count). The van der Waals surface area contributed by atoms with E-state index >= 15 is 0 Å². The molecule has 0 heterocycles. The number of halogens is 2. The lowest BCUT2D eigenvalue weighted by atomic mass is 9.93. The van der Waals surface area contributed by atoms with E-state index in [-0.39, 0.29) is 5.92 Å². The van der Waals surface area contributed by atoms with Crippen molar-refractivity contribution in [2.75, 3.05) is 19.0 Å². The molecule has 0 aliphatic heterocycles. The molecule has 0 aromatic heterocycles. The number of nitrogens with zero attached hydrogens (tertiary/aromatic N) is 2. The van der Waals surface area contributed by atoms with Gasteiger partial charge in [-0.3, -0.25) is 0 Å². The van der Waals surface area contributed by atoms with Gasteiger partial charge in [0.15, 0.2) is 0 Å². The second kappa shape index (κ2) is 6.85. The summed E-state index contributed by atoms with van der Waals surface area (Å²) >= 11 is 11.9. The number of nitriles is 1. The maximum absolute atomic E-state index is 9.42. The highest BCUT2D eigenvalue weighted by atomic mass is 35.5. The van der Waals surface area contributed by atoms with Crippen molar-refractivity contribution < 1.29 is 0 Å². The lowest BCUT2D eigenvalue weighted by Gasteiger charge is -2.15. The van der Waals surface area contributed by atoms with Crippen LogP contribution in [0.1, 0.15) is 17.0 Å². The van der Waals surface area contributed by atoms with Crippen LogP contribution in [0, 0.1) is 11.3 Å². The van der Waals surface area contributed by atoms with Crippen molar-refractivity contribution in [3.05, 3.63) is 63.6 Å². The predicted octanol–water partition coefficient (Wildman–Crippen LogP) is 4.91. The van der Waals surface area contributed by atoms with Gasteiger partial charge in [-0.1, -0.05) is 41.4 Å². The van der Waals surface area contributed by atoms with Crippen LogP contribution >= 0.6 is 23.2 Å². The summed E-state index contributed by atoms with van der Waals surface area (Å²) in [6.45, 7) is 0. The third-order valence-electron chi connectivity index (χ3n) is 3.39. The Hall–Kier alpha value is -1.69. The van der Waals surface area contributed by atoms with Gasteiger partial charge in [0, 0.05) is 19.8 Å². The molecule has 0 aliphatic rings. The van der Waals surface area contributed by atoms with Gasteiger partial charge >= 0.3 is 0 Å².